The topological polar surface area (TPSA) is 30.5 Å². The van der Waals surface area contributed by atoms with Crippen molar-refractivity contribution >= 4 is 11.3 Å². The molecule has 1 aromatic heterocycles. The van der Waals surface area contributed by atoms with Crippen molar-refractivity contribution in [2.24, 2.45) is 0 Å². The molecule has 0 unspecified atom stereocenters. The summed E-state index contributed by atoms with van der Waals surface area (Å²) in [5.74, 6) is 1.68. The van der Waals surface area contributed by atoms with Gasteiger partial charge < -0.3 is 14.8 Å². The highest BCUT2D eigenvalue weighted by molar-refractivity contribution is 7.09. The fourth-order valence-electron chi connectivity index (χ4n) is 2.07. The summed E-state index contributed by atoms with van der Waals surface area (Å²) in [5.41, 5.74) is 1.14. The van der Waals surface area contributed by atoms with Crippen molar-refractivity contribution in [1.82, 2.24) is 5.32 Å². The van der Waals surface area contributed by atoms with E-state index in [0.29, 0.717) is 13.2 Å². The van der Waals surface area contributed by atoms with Gasteiger partial charge in [0.25, 0.3) is 0 Å². The molecular weight excluding hydrogens is 282 g/mol. The molecule has 1 heterocycles. The summed E-state index contributed by atoms with van der Waals surface area (Å²) in [7, 11) is 0. The molecule has 0 fully saturated rings. The van der Waals surface area contributed by atoms with Gasteiger partial charge in [-0.2, -0.15) is 0 Å². The van der Waals surface area contributed by atoms with E-state index in [1.165, 1.54) is 4.88 Å². The predicted molar refractivity (Wildman–Crippen MR) is 88.3 cm³/mol. The van der Waals surface area contributed by atoms with Gasteiger partial charge in [0.15, 0.2) is 11.5 Å². The third-order valence-electron chi connectivity index (χ3n) is 3.04. The molecule has 1 N–H and O–H groups in total. The average Bonchev–Trinajstić information content (AvgIpc) is 3.00. The van der Waals surface area contributed by atoms with Crippen molar-refractivity contribution < 1.29 is 9.47 Å². The van der Waals surface area contributed by atoms with E-state index in [9.17, 15) is 0 Å². The van der Waals surface area contributed by atoms with Crippen LogP contribution in [0.1, 0.15) is 30.7 Å². The quantitative estimate of drug-likeness (QED) is 0.703. The Labute approximate surface area is 130 Å². The molecule has 0 aliphatic carbocycles. The Bertz CT molecular complexity index is 526. The van der Waals surface area contributed by atoms with E-state index < -0.39 is 0 Å². The predicted octanol–water partition coefficient (Wildman–Crippen LogP) is 4.23. The van der Waals surface area contributed by atoms with Gasteiger partial charge >= 0.3 is 0 Å². The maximum atomic E-state index is 6.04. The Balaban J connectivity index is 2.12. The summed E-state index contributed by atoms with van der Waals surface area (Å²) in [6.07, 6.45) is 1.12. The van der Waals surface area contributed by atoms with Gasteiger partial charge in [-0.3, -0.25) is 0 Å². The highest BCUT2D eigenvalue weighted by Crippen LogP contribution is 2.32. The number of nitrogens with one attached hydrogen (secondary N) is 1. The minimum Gasteiger partial charge on any atom is -0.490 e. The van der Waals surface area contributed by atoms with Crippen LogP contribution in [0.25, 0.3) is 0 Å². The molecule has 0 radical (unpaired) electrons. The maximum absolute atomic E-state index is 6.04. The third kappa shape index (κ3) is 4.76. The zero-order valence-corrected chi connectivity index (χ0v) is 13.5. The van der Waals surface area contributed by atoms with Gasteiger partial charge in [-0.25, -0.2) is 0 Å². The van der Waals surface area contributed by atoms with Crippen LogP contribution >= 0.6 is 11.3 Å². The highest BCUT2D eigenvalue weighted by Gasteiger charge is 2.11. The van der Waals surface area contributed by atoms with Crippen molar-refractivity contribution in [2.75, 3.05) is 13.2 Å². The number of para-hydroxylation sites is 1. The Kier molecular flexibility index (Phi) is 6.57. The number of ether oxygens (including phenoxy) is 2. The Morgan fingerprint density at radius 1 is 1.10 bits per heavy atom. The SMILES string of the molecule is CCCNCc1cccc(OCC)c1OCc1cccs1. The first-order chi connectivity index (χ1) is 10.3. The molecule has 0 spiro atoms. The van der Waals surface area contributed by atoms with Crippen LogP contribution in [0.3, 0.4) is 0 Å². The monoisotopic (exact) mass is 305 g/mol. The first-order valence-corrected chi connectivity index (χ1v) is 8.33. The molecule has 0 aliphatic rings. The fourth-order valence-corrected chi connectivity index (χ4v) is 2.69. The molecule has 0 atom stereocenters. The first kappa shape index (κ1) is 15.9. The van der Waals surface area contributed by atoms with Crippen LogP contribution in [0, 0.1) is 0 Å². The van der Waals surface area contributed by atoms with E-state index in [1.54, 1.807) is 11.3 Å². The van der Waals surface area contributed by atoms with Crippen molar-refractivity contribution in [3.63, 3.8) is 0 Å². The molecule has 3 nitrogen and oxygen atoms in total. The summed E-state index contributed by atoms with van der Waals surface area (Å²) in [4.78, 5) is 1.22. The van der Waals surface area contributed by atoms with Gasteiger partial charge in [0.1, 0.15) is 6.61 Å². The largest absolute Gasteiger partial charge is 0.490 e. The van der Waals surface area contributed by atoms with Crippen molar-refractivity contribution in [1.29, 1.82) is 0 Å². The van der Waals surface area contributed by atoms with E-state index in [2.05, 4.69) is 29.8 Å². The molecular formula is C17H23NO2S. The van der Waals surface area contributed by atoms with Crippen LogP contribution in [-0.4, -0.2) is 13.2 Å². The van der Waals surface area contributed by atoms with Gasteiger partial charge in [0.2, 0.25) is 0 Å². The molecule has 2 rings (SSSR count). The zero-order valence-electron chi connectivity index (χ0n) is 12.7. The number of thiophene rings is 1. The smallest absolute Gasteiger partial charge is 0.166 e. The molecule has 0 bridgehead atoms. The zero-order chi connectivity index (χ0) is 14.9. The van der Waals surface area contributed by atoms with Gasteiger partial charge in [0.05, 0.1) is 6.61 Å². The molecule has 4 heteroatoms. The van der Waals surface area contributed by atoms with Crippen molar-refractivity contribution in [3.05, 3.63) is 46.2 Å². The molecule has 0 saturated carbocycles. The van der Waals surface area contributed by atoms with Crippen molar-refractivity contribution in [2.45, 2.75) is 33.4 Å². The number of benzene rings is 1. The Hall–Kier alpha value is -1.52. The Morgan fingerprint density at radius 3 is 2.71 bits per heavy atom. The van der Waals surface area contributed by atoms with Gasteiger partial charge in [-0.05, 0) is 37.4 Å². The summed E-state index contributed by atoms with van der Waals surface area (Å²) in [6, 6.07) is 10.2. The normalized spacial score (nSPS) is 10.6. The van der Waals surface area contributed by atoms with Gasteiger partial charge in [0, 0.05) is 17.0 Å². The van der Waals surface area contributed by atoms with E-state index >= 15 is 0 Å². The highest BCUT2D eigenvalue weighted by atomic mass is 32.1. The van der Waals surface area contributed by atoms with E-state index in [0.717, 1.165) is 36.6 Å². The molecule has 0 saturated heterocycles. The molecule has 0 amide bonds. The molecule has 2 aromatic rings. The van der Waals surface area contributed by atoms with Gasteiger partial charge in [-0.15, -0.1) is 11.3 Å². The van der Waals surface area contributed by atoms with E-state index in [-0.39, 0.29) is 0 Å². The lowest BCUT2D eigenvalue weighted by molar-refractivity contribution is 0.268. The van der Waals surface area contributed by atoms with Crippen molar-refractivity contribution in [3.8, 4) is 11.5 Å². The summed E-state index contributed by atoms with van der Waals surface area (Å²) in [6.45, 7) is 7.18. The summed E-state index contributed by atoms with van der Waals surface area (Å²) < 4.78 is 11.7. The van der Waals surface area contributed by atoms with E-state index in [1.807, 2.05) is 25.1 Å². The van der Waals surface area contributed by atoms with Gasteiger partial charge in [-0.1, -0.05) is 25.1 Å². The Morgan fingerprint density at radius 2 is 2.00 bits per heavy atom. The first-order valence-electron chi connectivity index (χ1n) is 7.45. The van der Waals surface area contributed by atoms with Crippen LogP contribution < -0.4 is 14.8 Å². The van der Waals surface area contributed by atoms with E-state index in [4.69, 9.17) is 9.47 Å². The lowest BCUT2D eigenvalue weighted by Gasteiger charge is -2.16. The second-order valence-corrected chi connectivity index (χ2v) is 5.75. The summed E-state index contributed by atoms with van der Waals surface area (Å²) >= 11 is 1.71. The van der Waals surface area contributed by atoms with Crippen LogP contribution in [-0.2, 0) is 13.2 Å². The maximum Gasteiger partial charge on any atom is 0.166 e. The molecule has 114 valence electrons. The number of hydrogen-bond acceptors (Lipinski definition) is 4. The molecule has 0 aliphatic heterocycles. The second kappa shape index (κ2) is 8.70. The summed E-state index contributed by atoms with van der Waals surface area (Å²) in [5, 5.41) is 5.49. The fraction of sp³-hybridized carbons (Fsp3) is 0.412. The lowest BCUT2D eigenvalue weighted by atomic mass is 10.2. The van der Waals surface area contributed by atoms with Crippen LogP contribution in [0.15, 0.2) is 35.7 Å². The van der Waals surface area contributed by atoms with Crippen LogP contribution in [0.4, 0.5) is 0 Å². The minimum atomic E-state index is 0.586. The number of rotatable bonds is 9. The molecule has 21 heavy (non-hydrogen) atoms. The van der Waals surface area contributed by atoms with Crippen LogP contribution in [0.2, 0.25) is 0 Å². The van der Waals surface area contributed by atoms with Crippen LogP contribution in [0.5, 0.6) is 11.5 Å². The lowest BCUT2D eigenvalue weighted by Crippen LogP contribution is -2.15. The minimum absolute atomic E-state index is 0.586. The molecule has 1 aromatic carbocycles. The number of hydrogen-bond donors (Lipinski definition) is 1. The standard InChI is InChI=1S/C17H23NO2S/c1-3-10-18-12-14-7-5-9-16(19-4-2)17(14)20-13-15-8-6-11-21-15/h5-9,11,18H,3-4,10,12-13H2,1-2H3. The second-order valence-electron chi connectivity index (χ2n) is 4.72. The third-order valence-corrected chi connectivity index (χ3v) is 3.89. The average molecular weight is 305 g/mol.